The highest BCUT2D eigenvalue weighted by atomic mass is 19.4. The molecule has 0 spiro atoms. The summed E-state index contributed by atoms with van der Waals surface area (Å²) in [6.45, 7) is 0. The summed E-state index contributed by atoms with van der Waals surface area (Å²) in [5.74, 6) is -0.375. The lowest BCUT2D eigenvalue weighted by molar-refractivity contribution is -0.143. The Morgan fingerprint density at radius 2 is 1.94 bits per heavy atom. The van der Waals surface area contributed by atoms with Gasteiger partial charge in [-0.05, 0) is 6.07 Å². The molecule has 0 bridgehead atoms. The van der Waals surface area contributed by atoms with Crippen LogP contribution in [-0.4, -0.2) is 21.3 Å². The van der Waals surface area contributed by atoms with Crippen molar-refractivity contribution >= 4 is 5.82 Å². The molecule has 1 aromatic heterocycles. The van der Waals surface area contributed by atoms with E-state index in [0.29, 0.717) is 0 Å². The van der Waals surface area contributed by atoms with E-state index in [1.165, 1.54) is 6.07 Å². The van der Waals surface area contributed by atoms with Crippen molar-refractivity contribution in [3.8, 4) is 6.07 Å². The number of nitrogens with zero attached hydrogens (tertiary/aromatic N) is 2. The lowest BCUT2D eigenvalue weighted by Gasteiger charge is -2.17. The highest BCUT2D eigenvalue weighted by molar-refractivity contribution is 5.37. The summed E-state index contributed by atoms with van der Waals surface area (Å²) in [5.41, 5.74) is 3.00. The summed E-state index contributed by atoms with van der Waals surface area (Å²) in [5, 5.41) is 26.7. The van der Waals surface area contributed by atoms with Gasteiger partial charge in [-0.1, -0.05) is 6.07 Å². The fraction of sp³-hybridized carbons (Fsp3) is 0.333. The number of nitrogens with two attached hydrogens (primary N) is 1. The third-order valence-electron chi connectivity index (χ3n) is 1.97. The van der Waals surface area contributed by atoms with E-state index >= 15 is 0 Å². The van der Waals surface area contributed by atoms with Crippen molar-refractivity contribution in [1.82, 2.24) is 4.98 Å². The zero-order valence-electron chi connectivity index (χ0n) is 8.31. The Balaban J connectivity index is 3.30. The van der Waals surface area contributed by atoms with Gasteiger partial charge in [0.15, 0.2) is 11.8 Å². The van der Waals surface area contributed by atoms with Gasteiger partial charge in [-0.15, -0.1) is 0 Å². The predicted molar refractivity (Wildman–Crippen MR) is 50.2 cm³/mol. The summed E-state index contributed by atoms with van der Waals surface area (Å²) in [6, 6.07) is 3.15. The molecule has 8 heteroatoms. The quantitative estimate of drug-likeness (QED) is 0.664. The van der Waals surface area contributed by atoms with Crippen LogP contribution in [0.5, 0.6) is 0 Å². The summed E-state index contributed by atoms with van der Waals surface area (Å²) in [6.07, 6.45) is -8.80. The third kappa shape index (κ3) is 2.83. The molecule has 5 nitrogen and oxygen atoms in total. The van der Waals surface area contributed by atoms with Crippen molar-refractivity contribution in [2.24, 2.45) is 0 Å². The van der Waals surface area contributed by atoms with Crippen molar-refractivity contribution in [2.45, 2.75) is 18.4 Å². The second kappa shape index (κ2) is 4.57. The summed E-state index contributed by atoms with van der Waals surface area (Å²) in [4.78, 5) is 3.05. The molecule has 2 unspecified atom stereocenters. The summed E-state index contributed by atoms with van der Waals surface area (Å²) in [7, 11) is 0. The number of alkyl halides is 3. The van der Waals surface area contributed by atoms with Crippen LogP contribution in [0.2, 0.25) is 0 Å². The van der Waals surface area contributed by atoms with E-state index in [0.717, 1.165) is 12.1 Å². The van der Waals surface area contributed by atoms with Crippen molar-refractivity contribution < 1.29 is 23.4 Å². The van der Waals surface area contributed by atoms with Gasteiger partial charge < -0.3 is 15.9 Å². The number of pyridine rings is 1. The van der Waals surface area contributed by atoms with Gasteiger partial charge in [-0.25, -0.2) is 4.98 Å². The Morgan fingerprint density at radius 1 is 1.35 bits per heavy atom. The van der Waals surface area contributed by atoms with Gasteiger partial charge in [-0.2, -0.15) is 18.4 Å². The molecule has 1 rings (SSSR count). The largest absolute Gasteiger partial charge is 0.433 e. The molecule has 0 fully saturated rings. The fourth-order valence-corrected chi connectivity index (χ4v) is 1.19. The second-order valence-corrected chi connectivity index (χ2v) is 3.19. The van der Waals surface area contributed by atoms with Crippen LogP contribution in [0.1, 0.15) is 17.4 Å². The van der Waals surface area contributed by atoms with E-state index in [4.69, 9.17) is 16.1 Å². The Labute approximate surface area is 93.9 Å². The van der Waals surface area contributed by atoms with E-state index in [9.17, 15) is 18.3 Å². The number of halogens is 3. The number of rotatable bonds is 2. The van der Waals surface area contributed by atoms with Crippen LogP contribution in [0.3, 0.4) is 0 Å². The molecule has 0 aliphatic heterocycles. The SMILES string of the molecule is N#CC(O)C(O)c1ccc(N)nc1C(F)(F)F. The van der Waals surface area contributed by atoms with E-state index in [2.05, 4.69) is 4.98 Å². The molecule has 0 radical (unpaired) electrons. The Hall–Kier alpha value is -1.85. The number of aromatic nitrogens is 1. The Kier molecular flexibility index (Phi) is 3.55. The van der Waals surface area contributed by atoms with Gasteiger partial charge in [0.25, 0.3) is 0 Å². The Bertz CT molecular complexity index is 456. The highest BCUT2D eigenvalue weighted by Crippen LogP contribution is 2.34. The smallest absolute Gasteiger partial charge is 0.384 e. The first kappa shape index (κ1) is 13.2. The van der Waals surface area contributed by atoms with Gasteiger partial charge in [0.2, 0.25) is 0 Å². The number of nitriles is 1. The molecule has 17 heavy (non-hydrogen) atoms. The molecular formula is C9H8F3N3O2. The zero-order chi connectivity index (χ0) is 13.2. The minimum Gasteiger partial charge on any atom is -0.384 e. The number of anilines is 1. The number of hydrogen-bond acceptors (Lipinski definition) is 5. The molecule has 0 aliphatic carbocycles. The maximum Gasteiger partial charge on any atom is 0.433 e. The fourth-order valence-electron chi connectivity index (χ4n) is 1.19. The molecule has 0 aliphatic rings. The molecule has 2 atom stereocenters. The average Bonchev–Trinajstić information content (AvgIpc) is 2.25. The molecule has 0 amide bonds. The first-order chi connectivity index (χ1) is 7.77. The third-order valence-corrected chi connectivity index (χ3v) is 1.97. The molecule has 0 saturated heterocycles. The number of hydrogen-bond donors (Lipinski definition) is 3. The molecule has 92 valence electrons. The van der Waals surface area contributed by atoms with Crippen molar-refractivity contribution in [1.29, 1.82) is 5.26 Å². The van der Waals surface area contributed by atoms with Crippen LogP contribution >= 0.6 is 0 Å². The van der Waals surface area contributed by atoms with Gasteiger partial charge in [0.05, 0.1) is 6.07 Å². The molecule has 0 aromatic carbocycles. The topological polar surface area (TPSA) is 103 Å². The van der Waals surface area contributed by atoms with Crippen LogP contribution < -0.4 is 5.73 Å². The normalized spacial score (nSPS) is 15.1. The van der Waals surface area contributed by atoms with E-state index in [1.807, 2.05) is 0 Å². The predicted octanol–water partition coefficient (Wildman–Crippen LogP) is 0.600. The molecular weight excluding hydrogens is 239 g/mol. The maximum atomic E-state index is 12.6. The number of nitrogen functional groups attached to an aromatic ring is 1. The van der Waals surface area contributed by atoms with E-state index in [-0.39, 0.29) is 5.82 Å². The lowest BCUT2D eigenvalue weighted by Crippen LogP contribution is -2.22. The zero-order valence-corrected chi connectivity index (χ0v) is 8.31. The summed E-state index contributed by atoms with van der Waals surface area (Å²) < 4.78 is 37.7. The first-order valence-electron chi connectivity index (χ1n) is 4.36. The highest BCUT2D eigenvalue weighted by Gasteiger charge is 2.38. The minimum absolute atomic E-state index is 0.375. The standard InChI is InChI=1S/C9H8F3N3O2/c10-9(11,12)8-4(1-2-6(14)15-8)7(17)5(16)3-13/h1-2,5,7,16-17H,(H2,14,15). The minimum atomic E-state index is -4.83. The number of aliphatic hydroxyl groups is 2. The second-order valence-electron chi connectivity index (χ2n) is 3.19. The van der Waals surface area contributed by atoms with E-state index in [1.54, 1.807) is 0 Å². The van der Waals surface area contributed by atoms with Gasteiger partial charge in [-0.3, -0.25) is 0 Å². The molecule has 1 aromatic rings. The molecule has 0 saturated carbocycles. The Morgan fingerprint density at radius 3 is 2.41 bits per heavy atom. The van der Waals surface area contributed by atoms with Crippen LogP contribution in [-0.2, 0) is 6.18 Å². The van der Waals surface area contributed by atoms with Crippen LogP contribution in [0.4, 0.5) is 19.0 Å². The van der Waals surface area contributed by atoms with Gasteiger partial charge in [0.1, 0.15) is 11.9 Å². The first-order valence-corrected chi connectivity index (χ1v) is 4.36. The van der Waals surface area contributed by atoms with Crippen molar-refractivity contribution in [3.63, 3.8) is 0 Å². The average molecular weight is 247 g/mol. The van der Waals surface area contributed by atoms with Crippen LogP contribution in [0.25, 0.3) is 0 Å². The molecule has 1 heterocycles. The van der Waals surface area contributed by atoms with Crippen LogP contribution in [0.15, 0.2) is 12.1 Å². The van der Waals surface area contributed by atoms with Crippen molar-refractivity contribution in [2.75, 3.05) is 5.73 Å². The van der Waals surface area contributed by atoms with Crippen molar-refractivity contribution in [3.05, 3.63) is 23.4 Å². The van der Waals surface area contributed by atoms with Crippen LogP contribution in [0, 0.1) is 11.3 Å². The maximum absolute atomic E-state index is 12.6. The van der Waals surface area contributed by atoms with Gasteiger partial charge >= 0.3 is 6.18 Å². The summed E-state index contributed by atoms with van der Waals surface area (Å²) >= 11 is 0. The monoisotopic (exact) mass is 247 g/mol. The number of aliphatic hydroxyl groups excluding tert-OH is 2. The van der Waals surface area contributed by atoms with E-state index < -0.39 is 29.6 Å². The molecule has 4 N–H and O–H groups in total. The lowest BCUT2D eigenvalue weighted by atomic mass is 10.0. The van der Waals surface area contributed by atoms with Gasteiger partial charge in [0, 0.05) is 5.56 Å².